The van der Waals surface area contributed by atoms with Crippen LogP contribution in [0.5, 0.6) is 0 Å². The first-order chi connectivity index (χ1) is 16.9. The predicted molar refractivity (Wildman–Crippen MR) is 133 cm³/mol. The third-order valence-corrected chi connectivity index (χ3v) is 6.66. The molecule has 0 radical (unpaired) electrons. The number of fused-ring (bicyclic) bond motifs is 1. The molecule has 3 rings (SSSR count). The van der Waals surface area contributed by atoms with E-state index in [9.17, 15) is 9.90 Å². The molecule has 1 amide bonds. The summed E-state index contributed by atoms with van der Waals surface area (Å²) in [5.74, 6) is -2.33. The first-order valence-electron chi connectivity index (χ1n) is 13.4. The molecular weight excluding hydrogens is 448 g/mol. The Morgan fingerprint density at radius 3 is 2.31 bits per heavy atom. The van der Waals surface area contributed by atoms with E-state index in [-0.39, 0.29) is 19.1 Å². The number of aliphatic hydroxyl groups is 1. The molecule has 3 heterocycles. The van der Waals surface area contributed by atoms with Gasteiger partial charge < -0.3 is 29.4 Å². The summed E-state index contributed by atoms with van der Waals surface area (Å²) in [5.41, 5.74) is 0.496. The Hall–Kier alpha value is -1.58. The number of amides is 1. The Morgan fingerprint density at radius 2 is 1.66 bits per heavy atom. The number of unbranched alkanes of at least 4 members (excludes halogenated alkanes) is 9. The Morgan fingerprint density at radius 1 is 1.03 bits per heavy atom. The van der Waals surface area contributed by atoms with Crippen LogP contribution in [-0.2, 0) is 18.9 Å². The van der Waals surface area contributed by atoms with E-state index in [4.69, 9.17) is 18.9 Å². The molecule has 198 valence electrons. The van der Waals surface area contributed by atoms with Crippen LogP contribution >= 0.6 is 0 Å². The average molecular weight is 493 g/mol. The lowest BCUT2D eigenvalue weighted by Gasteiger charge is -2.28. The van der Waals surface area contributed by atoms with E-state index in [1.54, 1.807) is 38.4 Å². The molecule has 0 bridgehead atoms. The van der Waals surface area contributed by atoms with Crippen LogP contribution in [0.1, 0.15) is 95.3 Å². The number of nitrogens with zero attached hydrogens (tertiary/aromatic N) is 1. The van der Waals surface area contributed by atoms with Gasteiger partial charge in [-0.2, -0.15) is 0 Å². The van der Waals surface area contributed by atoms with Crippen LogP contribution in [0, 0.1) is 0 Å². The summed E-state index contributed by atoms with van der Waals surface area (Å²) >= 11 is 0. The van der Waals surface area contributed by atoms with Gasteiger partial charge in [-0.25, -0.2) is 0 Å². The van der Waals surface area contributed by atoms with Crippen LogP contribution in [-0.4, -0.2) is 65.6 Å². The summed E-state index contributed by atoms with van der Waals surface area (Å²) in [6, 6.07) is 3.27. The van der Waals surface area contributed by atoms with Crippen molar-refractivity contribution in [3.05, 3.63) is 30.1 Å². The van der Waals surface area contributed by atoms with Gasteiger partial charge in [0.15, 0.2) is 5.79 Å². The van der Waals surface area contributed by atoms with Crippen molar-refractivity contribution in [1.82, 2.24) is 10.3 Å². The number of nitrogens with one attached hydrogen (secondary N) is 1. The SMILES string of the molecule is CCCCCCCCCCCCOC[C@@]12O[C@@H](CNC(=O)c3ccncc3)[C@@H](O)[C@@H]1OC(C)(C)O2. The van der Waals surface area contributed by atoms with Crippen molar-refractivity contribution in [2.45, 2.75) is 115 Å². The lowest BCUT2D eigenvalue weighted by atomic mass is 10.1. The Kier molecular flexibility index (Phi) is 10.9. The van der Waals surface area contributed by atoms with Crippen molar-refractivity contribution < 1.29 is 28.8 Å². The van der Waals surface area contributed by atoms with Gasteiger partial charge in [0.25, 0.3) is 5.91 Å². The summed E-state index contributed by atoms with van der Waals surface area (Å²) < 4.78 is 24.2. The minimum absolute atomic E-state index is 0.131. The lowest BCUT2D eigenvalue weighted by molar-refractivity contribution is -0.277. The van der Waals surface area contributed by atoms with Crippen LogP contribution in [0.25, 0.3) is 0 Å². The molecule has 35 heavy (non-hydrogen) atoms. The van der Waals surface area contributed by atoms with E-state index >= 15 is 0 Å². The molecule has 0 aliphatic carbocycles. The second-order valence-electron chi connectivity index (χ2n) is 10.2. The molecule has 2 aliphatic rings. The van der Waals surface area contributed by atoms with E-state index in [0.29, 0.717) is 12.2 Å². The Labute approximate surface area is 210 Å². The highest BCUT2D eigenvalue weighted by Gasteiger charge is 2.64. The third kappa shape index (κ3) is 8.22. The first-order valence-corrected chi connectivity index (χ1v) is 13.4. The van der Waals surface area contributed by atoms with Gasteiger partial charge in [-0.3, -0.25) is 9.78 Å². The molecule has 0 saturated carbocycles. The molecule has 0 unspecified atom stereocenters. The number of carbonyl (C=O) groups excluding carboxylic acids is 1. The largest absolute Gasteiger partial charge is 0.387 e. The smallest absolute Gasteiger partial charge is 0.251 e. The van der Waals surface area contributed by atoms with Gasteiger partial charge in [-0.15, -0.1) is 0 Å². The number of hydrogen-bond acceptors (Lipinski definition) is 7. The molecular formula is C27H44N2O6. The van der Waals surface area contributed by atoms with Crippen LogP contribution in [0.15, 0.2) is 24.5 Å². The third-order valence-electron chi connectivity index (χ3n) is 6.66. The van der Waals surface area contributed by atoms with Gasteiger partial charge in [-0.05, 0) is 32.4 Å². The predicted octanol–water partition coefficient (Wildman–Crippen LogP) is 4.36. The van der Waals surface area contributed by atoms with E-state index in [1.807, 2.05) is 0 Å². The van der Waals surface area contributed by atoms with Crippen molar-refractivity contribution in [2.75, 3.05) is 19.8 Å². The van der Waals surface area contributed by atoms with Gasteiger partial charge in [0.1, 0.15) is 24.9 Å². The number of ether oxygens (including phenoxy) is 4. The Bertz CT molecular complexity index is 761. The summed E-state index contributed by atoms with van der Waals surface area (Å²) in [4.78, 5) is 16.3. The molecule has 4 atom stereocenters. The van der Waals surface area contributed by atoms with Crippen molar-refractivity contribution in [3.63, 3.8) is 0 Å². The number of pyridine rings is 1. The van der Waals surface area contributed by atoms with Crippen molar-refractivity contribution in [3.8, 4) is 0 Å². The molecule has 1 aromatic heterocycles. The molecule has 2 saturated heterocycles. The van der Waals surface area contributed by atoms with Crippen LogP contribution in [0.2, 0.25) is 0 Å². The molecule has 2 N–H and O–H groups in total. The highest BCUT2D eigenvalue weighted by atomic mass is 16.9. The number of rotatable bonds is 16. The second kappa shape index (κ2) is 13.7. The standard InChI is InChI=1S/C27H44N2O6/c1-4-5-6-7-8-9-10-11-12-13-18-32-20-27-24(34-26(2,3)35-27)23(30)22(33-27)19-29-25(31)21-14-16-28-17-15-21/h14-17,22-24,30H,4-13,18-20H2,1-3H3,(H,29,31)/t22-,23+,24-,27-/m0/s1. The monoisotopic (exact) mass is 492 g/mol. The van der Waals surface area contributed by atoms with Crippen LogP contribution in [0.3, 0.4) is 0 Å². The minimum atomic E-state index is -1.19. The van der Waals surface area contributed by atoms with Crippen molar-refractivity contribution in [1.29, 1.82) is 0 Å². The molecule has 8 heteroatoms. The number of aromatic nitrogens is 1. The maximum Gasteiger partial charge on any atom is 0.251 e. The van der Waals surface area contributed by atoms with Gasteiger partial charge in [0.2, 0.25) is 5.79 Å². The highest BCUT2D eigenvalue weighted by Crippen LogP contribution is 2.45. The maximum atomic E-state index is 12.4. The molecule has 2 fully saturated rings. The van der Waals surface area contributed by atoms with Crippen LogP contribution in [0.4, 0.5) is 0 Å². The van der Waals surface area contributed by atoms with Gasteiger partial charge in [0, 0.05) is 31.1 Å². The van der Waals surface area contributed by atoms with E-state index in [2.05, 4.69) is 17.2 Å². The second-order valence-corrected chi connectivity index (χ2v) is 10.2. The topological polar surface area (TPSA) is 99.1 Å². The molecule has 8 nitrogen and oxygen atoms in total. The summed E-state index contributed by atoms with van der Waals surface area (Å²) in [7, 11) is 0. The van der Waals surface area contributed by atoms with Gasteiger partial charge in [0.05, 0.1) is 0 Å². The van der Waals surface area contributed by atoms with Crippen LogP contribution < -0.4 is 5.32 Å². The zero-order valence-corrected chi connectivity index (χ0v) is 21.7. The molecule has 0 aromatic carbocycles. The van der Waals surface area contributed by atoms with Gasteiger partial charge >= 0.3 is 0 Å². The molecule has 0 spiro atoms. The van der Waals surface area contributed by atoms with Crippen molar-refractivity contribution in [2.24, 2.45) is 0 Å². The number of carbonyl (C=O) groups is 1. The normalized spacial score (nSPS) is 27.1. The van der Waals surface area contributed by atoms with Crippen molar-refractivity contribution >= 4 is 5.91 Å². The molecule has 2 aliphatic heterocycles. The quantitative estimate of drug-likeness (QED) is 0.331. The molecule has 1 aromatic rings. The highest BCUT2D eigenvalue weighted by molar-refractivity contribution is 5.93. The fourth-order valence-corrected chi connectivity index (χ4v) is 4.85. The number of hydrogen-bond donors (Lipinski definition) is 2. The minimum Gasteiger partial charge on any atom is -0.387 e. The summed E-state index contributed by atoms with van der Waals surface area (Å²) in [5, 5.41) is 13.7. The number of aliphatic hydroxyl groups excluding tert-OH is 1. The fraction of sp³-hybridized carbons (Fsp3) is 0.778. The first kappa shape index (κ1) is 28.0. The van der Waals surface area contributed by atoms with E-state index in [0.717, 1.165) is 12.8 Å². The zero-order chi connectivity index (χ0) is 25.2. The lowest BCUT2D eigenvalue weighted by Crippen LogP contribution is -2.45. The zero-order valence-electron chi connectivity index (χ0n) is 21.7. The Balaban J connectivity index is 1.38. The fourth-order valence-electron chi connectivity index (χ4n) is 4.85. The maximum absolute atomic E-state index is 12.4. The van der Waals surface area contributed by atoms with E-state index in [1.165, 1.54) is 51.4 Å². The van der Waals surface area contributed by atoms with E-state index < -0.39 is 29.9 Å². The van der Waals surface area contributed by atoms with Gasteiger partial charge in [-0.1, -0.05) is 64.7 Å². The average Bonchev–Trinajstić information content (AvgIpc) is 3.25. The summed E-state index contributed by atoms with van der Waals surface area (Å²) in [6.45, 7) is 6.75. The summed E-state index contributed by atoms with van der Waals surface area (Å²) in [6.07, 6.45) is 13.5.